The number of benzene rings is 1. The van der Waals surface area contributed by atoms with Crippen molar-refractivity contribution in [1.29, 1.82) is 0 Å². The topological polar surface area (TPSA) is 396 Å². The van der Waals surface area contributed by atoms with E-state index in [1.54, 1.807) is 24.3 Å². The van der Waals surface area contributed by atoms with Gasteiger partial charge in [0.15, 0.2) is 11.5 Å². The van der Waals surface area contributed by atoms with Crippen molar-refractivity contribution >= 4 is 92.5 Å². The summed E-state index contributed by atoms with van der Waals surface area (Å²) in [6.07, 6.45) is 4.98. The van der Waals surface area contributed by atoms with Crippen molar-refractivity contribution in [1.82, 2.24) is 52.1 Å². The lowest BCUT2D eigenvalue weighted by atomic mass is 9.92. The zero-order chi connectivity index (χ0) is 52.8. The smallest absolute Gasteiger partial charge is 0.480 e. The number of nitrogens with two attached hydrogens (primary N) is 2. The van der Waals surface area contributed by atoms with Crippen LogP contribution >= 0.6 is 21.6 Å². The Labute approximate surface area is 422 Å². The normalized spacial score (nSPS) is 14.4. The number of primary amides is 1. The number of hydrogen-bond acceptors (Lipinski definition) is 20. The Bertz CT molecular complexity index is 2170. The molecule has 2 aromatic rings. The van der Waals surface area contributed by atoms with Gasteiger partial charge in [0.1, 0.15) is 19.3 Å². The number of carbonyl (C=O) groups excluding carboxylic acids is 9. The molecule has 1 fully saturated rings. The van der Waals surface area contributed by atoms with Crippen molar-refractivity contribution in [2.45, 2.75) is 63.3 Å². The summed E-state index contributed by atoms with van der Waals surface area (Å²) >= 11 is 0. The van der Waals surface area contributed by atoms with Gasteiger partial charge in [-0.15, -0.1) is 0 Å². The predicted octanol–water partition coefficient (Wildman–Crippen LogP) is -2.15. The number of amides is 8. The molecule has 0 bridgehead atoms. The van der Waals surface area contributed by atoms with Crippen LogP contribution in [0.4, 0.5) is 16.3 Å². The van der Waals surface area contributed by atoms with Gasteiger partial charge in [0, 0.05) is 41.8 Å². The van der Waals surface area contributed by atoms with E-state index in [2.05, 4.69) is 71.5 Å². The molecule has 1 aromatic carbocycles. The molecule has 1 aliphatic carbocycles. The van der Waals surface area contributed by atoms with Crippen molar-refractivity contribution in [3.05, 3.63) is 47.4 Å². The highest BCUT2D eigenvalue weighted by molar-refractivity contribution is 8.76. The summed E-state index contributed by atoms with van der Waals surface area (Å²) in [5, 5.41) is 28.9. The van der Waals surface area contributed by atoms with Gasteiger partial charge < -0.3 is 78.2 Å². The van der Waals surface area contributed by atoms with Gasteiger partial charge in [0.05, 0.1) is 63.9 Å². The minimum Gasteiger partial charge on any atom is -0.480 e. The van der Waals surface area contributed by atoms with Crippen molar-refractivity contribution in [2.24, 2.45) is 5.73 Å². The van der Waals surface area contributed by atoms with E-state index in [4.69, 9.17) is 25.7 Å². The number of nitrogens with one attached hydrogen (secondary N) is 8. The molecule has 1 aliphatic rings. The number of aliphatic carboxylic acids is 1. The van der Waals surface area contributed by atoms with Crippen LogP contribution in [0.3, 0.4) is 0 Å². The Kier molecular flexibility index (Phi) is 27.0. The van der Waals surface area contributed by atoms with Crippen LogP contribution in [-0.4, -0.2) is 182 Å². The van der Waals surface area contributed by atoms with Gasteiger partial charge in [-0.25, -0.2) is 19.6 Å². The predicted molar refractivity (Wildman–Crippen MR) is 263 cm³/mol. The second kappa shape index (κ2) is 32.8. The number of anilines is 2. The van der Waals surface area contributed by atoms with Crippen LogP contribution in [0.15, 0.2) is 30.5 Å². The maximum atomic E-state index is 12.5. The zero-order valence-corrected chi connectivity index (χ0v) is 41.5. The molecule has 0 spiro atoms. The third-order valence-corrected chi connectivity index (χ3v) is 12.5. The molecule has 396 valence electrons. The lowest BCUT2D eigenvalue weighted by molar-refractivity contribution is -0.141. The maximum absolute atomic E-state index is 12.5. The standard InChI is InChI=1S/C43H63N13O14S2/c1-56(2)29-9-11-30(12-10-29)68-14-15-69-43(67)70-16-17-71-72-25-31(42(65)66)55-37(62)24-52-36(61)23-51-35(60)22-50-34(59)21-49-33(58)20-48-32(57)4-3-13-46-41(64)26-5-7-27(8-6-26)47-18-28-19-53-39(44)38(54-28)40(45)63/h5-8,19,29-31,47H,3-4,9-18,20-25H2,1-2H3,(H2,44,53)(H2,45,63)(H,46,64)(H,48,57)(H,49,58)(H,50,59)(H,51,60)(H,52,61)(H,55,62)(H,65,66). The summed E-state index contributed by atoms with van der Waals surface area (Å²) in [6, 6.07) is 5.76. The fraction of sp³-hybridized carbons (Fsp3) is 0.535. The molecular weight excluding hydrogens is 987 g/mol. The van der Waals surface area contributed by atoms with Gasteiger partial charge in [-0.3, -0.25) is 38.4 Å². The molecule has 72 heavy (non-hydrogen) atoms. The van der Waals surface area contributed by atoms with Gasteiger partial charge in [-0.2, -0.15) is 0 Å². The third kappa shape index (κ3) is 24.7. The minimum atomic E-state index is -1.31. The first kappa shape index (κ1) is 59.3. The number of ether oxygens (including phenoxy) is 3. The molecule has 0 aliphatic heterocycles. The van der Waals surface area contributed by atoms with Crippen LogP contribution in [0.2, 0.25) is 0 Å². The second-order valence-corrected chi connectivity index (χ2v) is 18.5. The number of carboxylic acid groups (broad SMARTS) is 1. The summed E-state index contributed by atoms with van der Waals surface area (Å²) in [5.74, 6) is -6.55. The molecule has 3 rings (SSSR count). The minimum absolute atomic E-state index is 0.0104. The van der Waals surface area contributed by atoms with Gasteiger partial charge in [-0.05, 0) is 70.5 Å². The molecule has 1 aromatic heterocycles. The third-order valence-electron chi connectivity index (χ3n) is 10.2. The lowest BCUT2D eigenvalue weighted by Gasteiger charge is -2.32. The Hall–Kier alpha value is -6.98. The van der Waals surface area contributed by atoms with Crippen LogP contribution in [0.25, 0.3) is 0 Å². The fourth-order valence-electron chi connectivity index (χ4n) is 6.28. The molecule has 29 heteroatoms. The first-order valence-electron chi connectivity index (χ1n) is 22.6. The van der Waals surface area contributed by atoms with Crippen LogP contribution in [0, 0.1) is 0 Å². The van der Waals surface area contributed by atoms with Gasteiger partial charge in [0.25, 0.3) is 11.8 Å². The van der Waals surface area contributed by atoms with E-state index in [-0.39, 0.29) is 75.0 Å². The number of carbonyl (C=O) groups is 10. The van der Waals surface area contributed by atoms with Crippen LogP contribution < -0.4 is 54.0 Å². The maximum Gasteiger partial charge on any atom is 0.508 e. The number of rotatable bonds is 32. The molecule has 27 nitrogen and oxygen atoms in total. The van der Waals surface area contributed by atoms with E-state index in [0.29, 0.717) is 28.7 Å². The van der Waals surface area contributed by atoms with Crippen molar-refractivity contribution in [3.8, 4) is 0 Å². The fourth-order valence-corrected chi connectivity index (χ4v) is 8.27. The average Bonchev–Trinajstić information content (AvgIpc) is 3.36. The van der Waals surface area contributed by atoms with Gasteiger partial charge >= 0.3 is 12.1 Å². The first-order chi connectivity index (χ1) is 34.4. The largest absolute Gasteiger partial charge is 0.508 e. The molecule has 13 N–H and O–H groups in total. The summed E-state index contributed by atoms with van der Waals surface area (Å²) in [5.41, 5.74) is 12.2. The number of hydrogen-bond donors (Lipinski definition) is 11. The van der Waals surface area contributed by atoms with Crippen molar-refractivity contribution < 1.29 is 67.3 Å². The highest BCUT2D eigenvalue weighted by atomic mass is 33.1. The summed E-state index contributed by atoms with van der Waals surface area (Å²) < 4.78 is 15.8. The first-order valence-corrected chi connectivity index (χ1v) is 25.1. The average molecular weight is 1050 g/mol. The highest BCUT2D eigenvalue weighted by Crippen LogP contribution is 2.24. The highest BCUT2D eigenvalue weighted by Gasteiger charge is 2.24. The Morgan fingerprint density at radius 2 is 1.32 bits per heavy atom. The number of carboxylic acids is 1. The molecule has 1 heterocycles. The second-order valence-electron chi connectivity index (χ2n) is 15.9. The lowest BCUT2D eigenvalue weighted by Crippen LogP contribution is -2.48. The molecule has 8 amide bonds. The van der Waals surface area contributed by atoms with E-state index in [9.17, 15) is 53.1 Å². The Morgan fingerprint density at radius 3 is 1.89 bits per heavy atom. The van der Waals surface area contributed by atoms with Crippen molar-refractivity contribution in [3.63, 3.8) is 0 Å². The number of nitrogen functional groups attached to an aromatic ring is 1. The van der Waals surface area contributed by atoms with Crippen LogP contribution in [0.5, 0.6) is 0 Å². The summed E-state index contributed by atoms with van der Waals surface area (Å²) in [4.78, 5) is 131. The zero-order valence-electron chi connectivity index (χ0n) is 39.9. The van der Waals surface area contributed by atoms with E-state index < -0.39 is 92.2 Å². The van der Waals surface area contributed by atoms with E-state index in [1.165, 1.54) is 17.0 Å². The van der Waals surface area contributed by atoms with Gasteiger partial charge in [-0.1, -0.05) is 21.6 Å². The van der Waals surface area contributed by atoms with Crippen LogP contribution in [-0.2, 0) is 54.3 Å². The van der Waals surface area contributed by atoms with Crippen molar-refractivity contribution in [2.75, 3.05) is 95.7 Å². The molecule has 1 unspecified atom stereocenters. The number of nitrogens with zero attached hydrogens (tertiary/aromatic N) is 3. The molecule has 0 saturated heterocycles. The molecular formula is C43H63N13O14S2. The Balaban J connectivity index is 1.15. The van der Waals surface area contributed by atoms with Gasteiger partial charge in [0.2, 0.25) is 35.4 Å². The van der Waals surface area contributed by atoms with E-state index in [0.717, 1.165) is 36.5 Å². The van der Waals surface area contributed by atoms with E-state index >= 15 is 0 Å². The molecule has 1 atom stereocenters. The monoisotopic (exact) mass is 1050 g/mol. The summed E-state index contributed by atoms with van der Waals surface area (Å²) in [6.45, 7) is -1.95. The Morgan fingerprint density at radius 1 is 0.750 bits per heavy atom. The van der Waals surface area contributed by atoms with Crippen LogP contribution in [0.1, 0.15) is 65.1 Å². The number of aromatic nitrogens is 2. The summed E-state index contributed by atoms with van der Waals surface area (Å²) in [7, 11) is 6.47. The molecule has 0 radical (unpaired) electrons. The quantitative estimate of drug-likeness (QED) is 0.0211. The van der Waals surface area contributed by atoms with E-state index in [1.807, 2.05) is 0 Å². The SMILES string of the molecule is CN(C)C1CCC(OCCOC(=O)OCCSSCC(NC(=O)CNC(=O)CNC(=O)CNC(=O)CNC(=O)CNC(=O)CCCNC(=O)c2ccc(NCc3cnc(N)c(C(N)=O)n3)cc2)C(=O)O)CC1. The molecule has 1 saturated carbocycles.